The van der Waals surface area contributed by atoms with E-state index in [-0.39, 0.29) is 11.4 Å². The number of H-pyrrole nitrogens is 1. The van der Waals surface area contributed by atoms with Gasteiger partial charge in [0.05, 0.1) is 12.1 Å². The Morgan fingerprint density at radius 1 is 1.60 bits per heavy atom. The maximum Gasteiger partial charge on any atom is 0.309 e. The summed E-state index contributed by atoms with van der Waals surface area (Å²) in [6, 6.07) is 0.793. The minimum Gasteiger partial charge on any atom is -0.481 e. The number of hydrogen-bond acceptors (Lipinski definition) is 3. The van der Waals surface area contributed by atoms with Crippen LogP contribution in [0.1, 0.15) is 17.7 Å². The second kappa shape index (κ2) is 4.07. The van der Waals surface area contributed by atoms with Crippen LogP contribution in [0.5, 0.6) is 0 Å². The Hall–Kier alpha value is -1.92. The van der Waals surface area contributed by atoms with Crippen LogP contribution in [0.2, 0.25) is 0 Å². The summed E-state index contributed by atoms with van der Waals surface area (Å²) < 4.78 is 24.8. The van der Waals surface area contributed by atoms with Gasteiger partial charge in [-0.25, -0.2) is 8.78 Å². The van der Waals surface area contributed by atoms with E-state index in [9.17, 15) is 18.4 Å². The van der Waals surface area contributed by atoms with Gasteiger partial charge in [0.25, 0.3) is 12.0 Å². The van der Waals surface area contributed by atoms with Gasteiger partial charge in [0.2, 0.25) is 0 Å². The summed E-state index contributed by atoms with van der Waals surface area (Å²) >= 11 is 0. The minimum atomic E-state index is -2.88. The van der Waals surface area contributed by atoms with Crippen molar-refractivity contribution < 1.29 is 18.7 Å². The zero-order valence-corrected chi connectivity index (χ0v) is 7.46. The van der Waals surface area contributed by atoms with Crippen LogP contribution < -0.4 is 11.3 Å². The molecule has 0 amide bonds. The highest BCUT2D eigenvalue weighted by Gasteiger charge is 2.17. The molecule has 0 aliphatic heterocycles. The quantitative estimate of drug-likeness (QED) is 0.689. The lowest BCUT2D eigenvalue weighted by Crippen LogP contribution is -2.18. The third-order valence-electron chi connectivity index (χ3n) is 1.75. The molecular weight excluding hydrogens is 210 g/mol. The number of carbonyl (C=O) groups is 1. The van der Waals surface area contributed by atoms with E-state index in [2.05, 4.69) is 0 Å². The van der Waals surface area contributed by atoms with Crippen molar-refractivity contribution in [1.82, 2.24) is 4.98 Å². The number of aliphatic carboxylic acids is 1. The first-order valence-electron chi connectivity index (χ1n) is 3.93. The first-order chi connectivity index (χ1) is 6.91. The molecule has 0 saturated carbocycles. The fraction of sp³-hybridized carbons (Fsp3) is 0.250. The number of alkyl halides is 2. The van der Waals surface area contributed by atoms with Crippen LogP contribution in [0.15, 0.2) is 10.9 Å². The molecule has 4 N–H and O–H groups in total. The van der Waals surface area contributed by atoms with E-state index >= 15 is 0 Å². The fourth-order valence-corrected chi connectivity index (χ4v) is 1.09. The summed E-state index contributed by atoms with van der Waals surface area (Å²) in [6.07, 6.45) is -3.55. The second-order valence-corrected chi connectivity index (χ2v) is 2.86. The number of pyridine rings is 1. The molecule has 5 nitrogen and oxygen atoms in total. The molecule has 0 bridgehead atoms. The number of aromatic nitrogens is 1. The van der Waals surface area contributed by atoms with Crippen LogP contribution in [0.25, 0.3) is 0 Å². The van der Waals surface area contributed by atoms with Gasteiger partial charge in [0.1, 0.15) is 0 Å². The molecule has 0 aliphatic carbocycles. The zero-order valence-electron chi connectivity index (χ0n) is 7.46. The van der Waals surface area contributed by atoms with Gasteiger partial charge in [-0.1, -0.05) is 0 Å². The molecule has 7 heteroatoms. The van der Waals surface area contributed by atoms with E-state index in [1.165, 1.54) is 0 Å². The van der Waals surface area contributed by atoms with Gasteiger partial charge >= 0.3 is 5.97 Å². The maximum absolute atomic E-state index is 12.4. The number of halogens is 2. The Labute approximate surface area is 82.5 Å². The Balaban J connectivity index is 3.28. The van der Waals surface area contributed by atoms with Crippen molar-refractivity contribution in [2.75, 3.05) is 5.73 Å². The summed E-state index contributed by atoms with van der Waals surface area (Å²) in [5, 5.41) is 8.44. The van der Waals surface area contributed by atoms with Crippen LogP contribution in [0, 0.1) is 0 Å². The monoisotopic (exact) mass is 218 g/mol. The highest BCUT2D eigenvalue weighted by atomic mass is 19.3. The Morgan fingerprint density at radius 2 is 2.20 bits per heavy atom. The summed E-state index contributed by atoms with van der Waals surface area (Å²) in [4.78, 5) is 23.3. The molecule has 1 rings (SSSR count). The molecule has 0 aromatic carbocycles. The number of carboxylic acid groups (broad SMARTS) is 1. The Kier molecular flexibility index (Phi) is 3.03. The Bertz CT molecular complexity index is 442. The summed E-state index contributed by atoms with van der Waals surface area (Å²) in [6.45, 7) is 0. The summed E-state index contributed by atoms with van der Waals surface area (Å²) in [7, 11) is 0. The number of rotatable bonds is 3. The van der Waals surface area contributed by atoms with Gasteiger partial charge in [-0.3, -0.25) is 9.59 Å². The van der Waals surface area contributed by atoms with Gasteiger partial charge in [0.15, 0.2) is 0 Å². The molecule has 15 heavy (non-hydrogen) atoms. The minimum absolute atomic E-state index is 0.322. The molecular formula is C8H8F2N2O3. The summed E-state index contributed by atoms with van der Waals surface area (Å²) in [5.74, 6) is -1.31. The average molecular weight is 218 g/mol. The highest BCUT2D eigenvalue weighted by Crippen LogP contribution is 2.22. The van der Waals surface area contributed by atoms with Gasteiger partial charge in [0, 0.05) is 11.3 Å². The number of nitrogens with two attached hydrogens (primary N) is 1. The molecule has 0 unspecified atom stereocenters. The molecule has 1 aromatic heterocycles. The largest absolute Gasteiger partial charge is 0.481 e. The molecule has 0 aliphatic rings. The number of anilines is 1. The standard InChI is InChI=1S/C8H8F2N2O3/c9-7(10)3-1-4(11)8(15)12-5(3)2-6(13)14/h1,7H,2,11H2,(H,12,15)(H,13,14). The number of carboxylic acids is 1. The van der Waals surface area contributed by atoms with E-state index in [1.54, 1.807) is 0 Å². The number of nitrogen functional groups attached to an aromatic ring is 1. The number of nitrogens with one attached hydrogen (secondary N) is 1. The SMILES string of the molecule is Nc1cc(C(F)F)c(CC(=O)O)[nH]c1=O. The first kappa shape index (κ1) is 11.2. The van der Waals surface area contributed by atoms with Crippen molar-refractivity contribution >= 4 is 11.7 Å². The van der Waals surface area contributed by atoms with Crippen LogP contribution in [0.4, 0.5) is 14.5 Å². The maximum atomic E-state index is 12.4. The first-order valence-corrected chi connectivity index (χ1v) is 3.93. The molecule has 0 spiro atoms. The second-order valence-electron chi connectivity index (χ2n) is 2.86. The van der Waals surface area contributed by atoms with Crippen molar-refractivity contribution in [3.63, 3.8) is 0 Å². The third-order valence-corrected chi connectivity index (χ3v) is 1.75. The van der Waals surface area contributed by atoms with Crippen molar-refractivity contribution in [3.05, 3.63) is 27.7 Å². The lowest BCUT2D eigenvalue weighted by atomic mass is 10.1. The van der Waals surface area contributed by atoms with Crippen molar-refractivity contribution in [1.29, 1.82) is 0 Å². The van der Waals surface area contributed by atoms with Gasteiger partial charge in [-0.05, 0) is 6.07 Å². The highest BCUT2D eigenvalue weighted by molar-refractivity contribution is 5.70. The van der Waals surface area contributed by atoms with Crippen LogP contribution in [-0.4, -0.2) is 16.1 Å². The van der Waals surface area contributed by atoms with Crippen molar-refractivity contribution in [2.24, 2.45) is 0 Å². The molecule has 0 atom stereocenters. The molecule has 0 fully saturated rings. The predicted octanol–water partition coefficient (Wildman–Crippen LogP) is 0.522. The zero-order chi connectivity index (χ0) is 11.6. The molecule has 1 aromatic rings. The van der Waals surface area contributed by atoms with E-state index in [4.69, 9.17) is 10.8 Å². The van der Waals surface area contributed by atoms with Gasteiger partial charge in [-0.15, -0.1) is 0 Å². The van der Waals surface area contributed by atoms with E-state index < -0.39 is 29.9 Å². The molecule has 82 valence electrons. The normalized spacial score (nSPS) is 10.6. The predicted molar refractivity (Wildman–Crippen MR) is 47.8 cm³/mol. The fourth-order valence-electron chi connectivity index (χ4n) is 1.09. The number of aromatic amines is 1. The molecule has 0 radical (unpaired) electrons. The van der Waals surface area contributed by atoms with Crippen LogP contribution in [-0.2, 0) is 11.2 Å². The van der Waals surface area contributed by atoms with Crippen LogP contribution >= 0.6 is 0 Å². The molecule has 1 heterocycles. The van der Waals surface area contributed by atoms with Gasteiger partial charge in [-0.2, -0.15) is 0 Å². The smallest absolute Gasteiger partial charge is 0.309 e. The third kappa shape index (κ3) is 2.52. The van der Waals surface area contributed by atoms with Gasteiger partial charge < -0.3 is 15.8 Å². The van der Waals surface area contributed by atoms with E-state index in [1.807, 2.05) is 4.98 Å². The topological polar surface area (TPSA) is 96.2 Å². The van der Waals surface area contributed by atoms with Crippen molar-refractivity contribution in [2.45, 2.75) is 12.8 Å². The van der Waals surface area contributed by atoms with E-state index in [0.717, 1.165) is 6.07 Å². The lowest BCUT2D eigenvalue weighted by Gasteiger charge is -2.07. The lowest BCUT2D eigenvalue weighted by molar-refractivity contribution is -0.136. The summed E-state index contributed by atoms with van der Waals surface area (Å²) in [5.41, 5.74) is 3.12. The Morgan fingerprint density at radius 3 is 2.67 bits per heavy atom. The van der Waals surface area contributed by atoms with E-state index in [0.29, 0.717) is 0 Å². The molecule has 0 saturated heterocycles. The number of hydrogen-bond donors (Lipinski definition) is 3. The average Bonchev–Trinajstić information content (AvgIpc) is 2.09. The van der Waals surface area contributed by atoms with Crippen LogP contribution in [0.3, 0.4) is 0 Å². The van der Waals surface area contributed by atoms with Crippen molar-refractivity contribution in [3.8, 4) is 0 Å².